The van der Waals surface area contributed by atoms with Gasteiger partial charge in [0.05, 0.1) is 9.54 Å². The standard InChI is InChI=1S/C9H15BrN2O2S2.ClH/c1-2-16(13,14)12-4-3-11-6-8-5-9(10)15-7-8;/h5,7,11-12H,2-4,6H2,1H3;1H. The van der Waals surface area contributed by atoms with E-state index in [0.717, 1.165) is 10.3 Å². The fraction of sp³-hybridized carbons (Fsp3) is 0.556. The predicted octanol–water partition coefficient (Wildman–Crippen LogP) is 1.96. The molecule has 8 heteroatoms. The smallest absolute Gasteiger partial charge is 0.211 e. The quantitative estimate of drug-likeness (QED) is 0.728. The summed E-state index contributed by atoms with van der Waals surface area (Å²) >= 11 is 5.03. The van der Waals surface area contributed by atoms with Crippen molar-refractivity contribution in [2.45, 2.75) is 13.5 Å². The van der Waals surface area contributed by atoms with E-state index < -0.39 is 10.0 Å². The number of sulfonamides is 1. The lowest BCUT2D eigenvalue weighted by Gasteiger charge is -2.05. The van der Waals surface area contributed by atoms with Gasteiger partial charge in [0, 0.05) is 19.6 Å². The molecule has 100 valence electrons. The molecule has 4 nitrogen and oxygen atoms in total. The van der Waals surface area contributed by atoms with Crippen LogP contribution >= 0.6 is 39.7 Å². The zero-order chi connectivity index (χ0) is 12.0. The third-order valence-electron chi connectivity index (χ3n) is 1.95. The van der Waals surface area contributed by atoms with E-state index in [1.54, 1.807) is 18.3 Å². The molecule has 1 heterocycles. The molecule has 0 radical (unpaired) electrons. The van der Waals surface area contributed by atoms with Crippen molar-refractivity contribution in [2.75, 3.05) is 18.8 Å². The Balaban J connectivity index is 0.00000256. The van der Waals surface area contributed by atoms with E-state index in [0.29, 0.717) is 13.1 Å². The summed E-state index contributed by atoms with van der Waals surface area (Å²) in [6.45, 7) is 3.45. The van der Waals surface area contributed by atoms with E-state index in [2.05, 4.69) is 31.3 Å². The summed E-state index contributed by atoms with van der Waals surface area (Å²) in [5.41, 5.74) is 1.20. The molecular weight excluding hydrogens is 348 g/mol. The van der Waals surface area contributed by atoms with E-state index in [1.807, 2.05) is 6.07 Å². The molecule has 0 spiro atoms. The zero-order valence-electron chi connectivity index (χ0n) is 9.40. The fourth-order valence-electron chi connectivity index (χ4n) is 1.07. The average Bonchev–Trinajstić information content (AvgIpc) is 2.64. The van der Waals surface area contributed by atoms with Gasteiger partial charge in [-0.15, -0.1) is 23.7 Å². The lowest BCUT2D eigenvalue weighted by molar-refractivity contribution is 0.577. The Morgan fingerprint density at radius 3 is 2.65 bits per heavy atom. The van der Waals surface area contributed by atoms with Gasteiger partial charge in [-0.25, -0.2) is 13.1 Å². The first-order chi connectivity index (χ1) is 7.53. The molecule has 1 aromatic rings. The molecule has 0 bridgehead atoms. The van der Waals surface area contributed by atoms with Crippen LogP contribution in [0.3, 0.4) is 0 Å². The highest BCUT2D eigenvalue weighted by Crippen LogP contribution is 2.20. The lowest BCUT2D eigenvalue weighted by Crippen LogP contribution is -2.32. The maximum absolute atomic E-state index is 11.1. The lowest BCUT2D eigenvalue weighted by atomic mass is 10.3. The first-order valence-corrected chi connectivity index (χ1v) is 8.27. The zero-order valence-corrected chi connectivity index (χ0v) is 13.4. The molecule has 2 N–H and O–H groups in total. The van der Waals surface area contributed by atoms with E-state index in [4.69, 9.17) is 0 Å². The second kappa shape index (κ2) is 8.44. The highest BCUT2D eigenvalue weighted by molar-refractivity contribution is 9.11. The van der Waals surface area contributed by atoms with E-state index >= 15 is 0 Å². The third kappa shape index (κ3) is 7.38. The second-order valence-corrected chi connectivity index (χ2v) is 7.62. The van der Waals surface area contributed by atoms with Crippen molar-refractivity contribution < 1.29 is 8.42 Å². The summed E-state index contributed by atoms with van der Waals surface area (Å²) in [6.07, 6.45) is 0. The molecule has 0 amide bonds. The van der Waals surface area contributed by atoms with Gasteiger partial charge in [0.25, 0.3) is 0 Å². The number of hydrogen-bond acceptors (Lipinski definition) is 4. The van der Waals surface area contributed by atoms with Gasteiger partial charge >= 0.3 is 0 Å². The van der Waals surface area contributed by atoms with E-state index in [-0.39, 0.29) is 18.2 Å². The van der Waals surface area contributed by atoms with Crippen molar-refractivity contribution in [3.05, 3.63) is 20.8 Å². The minimum atomic E-state index is -3.06. The minimum absolute atomic E-state index is 0. The van der Waals surface area contributed by atoms with Crippen LogP contribution in [0.25, 0.3) is 0 Å². The summed E-state index contributed by atoms with van der Waals surface area (Å²) in [4.78, 5) is 0. The Bertz CT molecular complexity index is 422. The highest BCUT2D eigenvalue weighted by Gasteiger charge is 2.04. The molecule has 17 heavy (non-hydrogen) atoms. The Labute approximate surface area is 121 Å². The van der Waals surface area contributed by atoms with Crippen LogP contribution in [0, 0.1) is 0 Å². The van der Waals surface area contributed by atoms with Crippen LogP contribution in [0.15, 0.2) is 15.2 Å². The molecule has 0 unspecified atom stereocenters. The third-order valence-corrected chi connectivity index (χ3v) is 4.91. The molecule has 0 aromatic carbocycles. The monoisotopic (exact) mass is 362 g/mol. The Morgan fingerprint density at radius 2 is 2.12 bits per heavy atom. The van der Waals surface area contributed by atoms with Gasteiger partial charge in [-0.2, -0.15) is 0 Å². The number of halogens is 2. The van der Waals surface area contributed by atoms with Crippen LogP contribution in [0.1, 0.15) is 12.5 Å². The Kier molecular flexibility index (Phi) is 8.61. The van der Waals surface area contributed by atoms with E-state index in [9.17, 15) is 8.42 Å². The second-order valence-electron chi connectivity index (χ2n) is 3.23. The molecule has 0 saturated carbocycles. The molecule has 0 saturated heterocycles. The van der Waals surface area contributed by atoms with Crippen molar-refractivity contribution in [3.63, 3.8) is 0 Å². The molecular formula is C9H16BrClN2O2S2. The Hall–Kier alpha value is 0.340. The van der Waals surface area contributed by atoms with Crippen molar-refractivity contribution >= 4 is 49.7 Å². The molecule has 0 fully saturated rings. The first kappa shape index (κ1) is 17.3. The van der Waals surface area contributed by atoms with Crippen LogP contribution in [0.2, 0.25) is 0 Å². The van der Waals surface area contributed by atoms with Gasteiger partial charge in [0.2, 0.25) is 10.0 Å². The van der Waals surface area contributed by atoms with Crippen molar-refractivity contribution in [2.24, 2.45) is 0 Å². The predicted molar refractivity (Wildman–Crippen MR) is 78.4 cm³/mol. The molecule has 1 rings (SSSR count). The molecule has 0 aliphatic heterocycles. The molecule has 1 aromatic heterocycles. The van der Waals surface area contributed by atoms with Gasteiger partial charge in [-0.05, 0) is 39.9 Å². The van der Waals surface area contributed by atoms with Gasteiger partial charge < -0.3 is 5.32 Å². The van der Waals surface area contributed by atoms with Crippen LogP contribution in [-0.2, 0) is 16.6 Å². The van der Waals surface area contributed by atoms with Gasteiger partial charge in [-0.3, -0.25) is 0 Å². The molecule has 0 aliphatic rings. The van der Waals surface area contributed by atoms with Gasteiger partial charge in [-0.1, -0.05) is 0 Å². The van der Waals surface area contributed by atoms with E-state index in [1.165, 1.54) is 5.56 Å². The highest BCUT2D eigenvalue weighted by atomic mass is 79.9. The average molecular weight is 364 g/mol. The number of hydrogen-bond donors (Lipinski definition) is 2. The molecule has 0 aliphatic carbocycles. The van der Waals surface area contributed by atoms with Gasteiger partial charge in [0.15, 0.2) is 0 Å². The van der Waals surface area contributed by atoms with Crippen LogP contribution in [-0.4, -0.2) is 27.3 Å². The van der Waals surface area contributed by atoms with Crippen LogP contribution < -0.4 is 10.0 Å². The topological polar surface area (TPSA) is 58.2 Å². The first-order valence-electron chi connectivity index (χ1n) is 4.94. The Morgan fingerprint density at radius 1 is 1.41 bits per heavy atom. The summed E-state index contributed by atoms with van der Waals surface area (Å²) in [5, 5.41) is 5.23. The summed E-state index contributed by atoms with van der Waals surface area (Å²) < 4.78 is 25.8. The van der Waals surface area contributed by atoms with Gasteiger partial charge in [0.1, 0.15) is 0 Å². The van der Waals surface area contributed by atoms with Crippen LogP contribution in [0.5, 0.6) is 0 Å². The largest absolute Gasteiger partial charge is 0.311 e. The number of thiophene rings is 1. The number of nitrogens with one attached hydrogen (secondary N) is 2. The summed E-state index contributed by atoms with van der Waals surface area (Å²) in [5.74, 6) is 0.129. The minimum Gasteiger partial charge on any atom is -0.311 e. The van der Waals surface area contributed by atoms with Crippen molar-refractivity contribution in [1.82, 2.24) is 10.0 Å². The maximum Gasteiger partial charge on any atom is 0.211 e. The van der Waals surface area contributed by atoms with Crippen LogP contribution in [0.4, 0.5) is 0 Å². The summed E-state index contributed by atoms with van der Waals surface area (Å²) in [7, 11) is -3.06. The molecule has 0 atom stereocenters. The normalized spacial score (nSPS) is 11.2. The fourth-order valence-corrected chi connectivity index (χ4v) is 2.89. The summed E-state index contributed by atoms with van der Waals surface area (Å²) in [6, 6.07) is 2.05. The van der Waals surface area contributed by atoms with Crippen molar-refractivity contribution in [3.8, 4) is 0 Å². The maximum atomic E-state index is 11.1. The number of rotatable bonds is 7. The van der Waals surface area contributed by atoms with Crippen molar-refractivity contribution in [1.29, 1.82) is 0 Å². The SMILES string of the molecule is CCS(=O)(=O)NCCNCc1csc(Br)c1.Cl.